The zero-order chi connectivity index (χ0) is 25.0. The van der Waals surface area contributed by atoms with Gasteiger partial charge in [-0.2, -0.15) is 5.10 Å². The molecule has 3 heterocycles. The summed E-state index contributed by atoms with van der Waals surface area (Å²) in [6.45, 7) is 6.69. The molecule has 3 aromatic rings. The number of benzene rings is 1. The average molecular weight is 478 g/mol. The molecule has 0 spiro atoms. The van der Waals surface area contributed by atoms with E-state index in [-0.39, 0.29) is 12.1 Å². The molecule has 0 radical (unpaired) electrons. The van der Waals surface area contributed by atoms with Crippen molar-refractivity contribution >= 4 is 23.6 Å². The van der Waals surface area contributed by atoms with Crippen LogP contribution in [0.5, 0.6) is 0 Å². The summed E-state index contributed by atoms with van der Waals surface area (Å²) in [4.78, 5) is 31.0. The molecule has 1 atom stereocenters. The van der Waals surface area contributed by atoms with Crippen molar-refractivity contribution in [1.29, 1.82) is 0 Å². The zero-order valence-electron chi connectivity index (χ0n) is 20.5. The molecule has 4 rings (SSSR count). The maximum absolute atomic E-state index is 12.7. The Labute approximate surface area is 205 Å². The molecule has 1 saturated heterocycles. The van der Waals surface area contributed by atoms with E-state index in [0.717, 1.165) is 24.0 Å². The highest BCUT2D eigenvalue weighted by Crippen LogP contribution is 2.35. The van der Waals surface area contributed by atoms with Gasteiger partial charge in [-0.25, -0.2) is 14.3 Å². The van der Waals surface area contributed by atoms with Gasteiger partial charge in [0.15, 0.2) is 0 Å². The van der Waals surface area contributed by atoms with E-state index in [9.17, 15) is 9.59 Å². The van der Waals surface area contributed by atoms with Crippen molar-refractivity contribution < 1.29 is 19.1 Å². The van der Waals surface area contributed by atoms with Gasteiger partial charge in [0.25, 0.3) is 0 Å². The van der Waals surface area contributed by atoms with E-state index in [1.165, 1.54) is 7.11 Å². The van der Waals surface area contributed by atoms with Gasteiger partial charge in [-0.15, -0.1) is 0 Å². The number of amides is 1. The van der Waals surface area contributed by atoms with Gasteiger partial charge in [0, 0.05) is 24.8 Å². The monoisotopic (exact) mass is 477 g/mol. The molecule has 0 bridgehead atoms. The van der Waals surface area contributed by atoms with Crippen LogP contribution in [-0.2, 0) is 9.47 Å². The molecule has 35 heavy (non-hydrogen) atoms. The summed E-state index contributed by atoms with van der Waals surface area (Å²) < 4.78 is 12.4. The number of nitrogens with zero attached hydrogens (tertiary/aromatic N) is 4. The minimum Gasteiger partial charge on any atom is -0.465 e. The van der Waals surface area contributed by atoms with Crippen LogP contribution in [0.4, 0.5) is 16.3 Å². The molecule has 1 N–H and O–H groups in total. The third-order valence-corrected chi connectivity index (χ3v) is 5.75. The Morgan fingerprint density at radius 3 is 2.60 bits per heavy atom. The van der Waals surface area contributed by atoms with Crippen LogP contribution < -0.4 is 5.32 Å². The molecular formula is C26H31N5O4. The molecular weight excluding hydrogens is 446 g/mol. The number of pyridine rings is 1. The summed E-state index contributed by atoms with van der Waals surface area (Å²) in [6.07, 6.45) is 6.29. The summed E-state index contributed by atoms with van der Waals surface area (Å²) in [5.74, 6) is 0.251. The number of ether oxygens (including phenoxy) is 2. The quantitative estimate of drug-likeness (QED) is 0.514. The number of esters is 1. The number of piperidine rings is 1. The van der Waals surface area contributed by atoms with E-state index in [2.05, 4.69) is 10.3 Å². The molecule has 9 nitrogen and oxygen atoms in total. The number of hydrogen-bond donors (Lipinski definition) is 1. The SMILES string of the molecule is COC(=O)c1ccncc1Nc1c(-c2ccccc2)cnn1C1CCCN(C(=O)OC(C)(C)C)C1. The summed E-state index contributed by atoms with van der Waals surface area (Å²) in [6, 6.07) is 11.4. The summed E-state index contributed by atoms with van der Waals surface area (Å²) >= 11 is 0. The molecule has 9 heteroatoms. The third-order valence-electron chi connectivity index (χ3n) is 5.75. The lowest BCUT2D eigenvalue weighted by molar-refractivity contribution is 0.0168. The van der Waals surface area contributed by atoms with Crippen LogP contribution in [0.25, 0.3) is 11.1 Å². The van der Waals surface area contributed by atoms with E-state index >= 15 is 0 Å². The first-order chi connectivity index (χ1) is 16.8. The fourth-order valence-electron chi connectivity index (χ4n) is 4.15. The third kappa shape index (κ3) is 5.62. The Morgan fingerprint density at radius 1 is 1.11 bits per heavy atom. The maximum Gasteiger partial charge on any atom is 0.410 e. The van der Waals surface area contributed by atoms with Crippen LogP contribution in [0.15, 0.2) is 55.0 Å². The van der Waals surface area contributed by atoms with Gasteiger partial charge in [0.1, 0.15) is 11.4 Å². The Bertz CT molecular complexity index is 1190. The molecule has 184 valence electrons. The number of aromatic nitrogens is 3. The van der Waals surface area contributed by atoms with Gasteiger partial charge in [-0.3, -0.25) is 4.98 Å². The first-order valence-corrected chi connectivity index (χ1v) is 11.7. The van der Waals surface area contributed by atoms with Crippen LogP contribution in [0, 0.1) is 0 Å². The van der Waals surface area contributed by atoms with Crippen LogP contribution >= 0.6 is 0 Å². The lowest BCUT2D eigenvalue weighted by Gasteiger charge is -2.34. The number of rotatable bonds is 5. The summed E-state index contributed by atoms with van der Waals surface area (Å²) in [5, 5.41) is 8.10. The highest BCUT2D eigenvalue weighted by atomic mass is 16.6. The van der Waals surface area contributed by atoms with Crippen LogP contribution in [-0.4, -0.2) is 57.5 Å². The molecule has 1 aromatic carbocycles. The van der Waals surface area contributed by atoms with Gasteiger partial charge >= 0.3 is 12.1 Å². The summed E-state index contributed by atoms with van der Waals surface area (Å²) in [5.41, 5.74) is 2.17. The number of likely N-dealkylation sites (tertiary alicyclic amines) is 1. The van der Waals surface area contributed by atoms with Crippen molar-refractivity contribution in [2.45, 2.75) is 45.3 Å². The summed E-state index contributed by atoms with van der Waals surface area (Å²) in [7, 11) is 1.35. The predicted octanol–water partition coefficient (Wildman–Crippen LogP) is 5.05. The molecule has 1 fully saturated rings. The second kappa shape index (κ2) is 10.2. The topological polar surface area (TPSA) is 98.6 Å². The van der Waals surface area contributed by atoms with Crippen molar-refractivity contribution in [3.8, 4) is 11.1 Å². The highest BCUT2D eigenvalue weighted by molar-refractivity contribution is 5.96. The normalized spacial score (nSPS) is 16.0. The van der Waals surface area contributed by atoms with Gasteiger partial charge in [0.2, 0.25) is 0 Å². The van der Waals surface area contributed by atoms with Gasteiger partial charge in [0.05, 0.1) is 36.8 Å². The Balaban J connectivity index is 1.70. The van der Waals surface area contributed by atoms with E-state index in [1.54, 1.807) is 29.6 Å². The van der Waals surface area contributed by atoms with Crippen LogP contribution in [0.1, 0.15) is 50.0 Å². The lowest BCUT2D eigenvalue weighted by atomic mass is 10.1. The van der Waals surface area contributed by atoms with Gasteiger partial charge in [-0.05, 0) is 45.2 Å². The number of methoxy groups -OCH3 is 1. The minimum atomic E-state index is -0.562. The average Bonchev–Trinajstić information content (AvgIpc) is 3.27. The fraction of sp³-hybridized carbons (Fsp3) is 0.385. The standard InChI is InChI=1S/C26H31N5O4/c1-26(2,3)35-25(33)30-14-8-11-19(17-30)31-23(21(15-28-31)18-9-6-5-7-10-18)29-22-16-27-13-12-20(22)24(32)34-4/h5-7,9-10,12-13,15-16,19,29H,8,11,14,17H2,1-4H3. The second-order valence-corrected chi connectivity index (χ2v) is 9.48. The molecule has 0 saturated carbocycles. The number of carbonyl (C=O) groups excluding carboxylic acids is 2. The maximum atomic E-state index is 12.7. The molecule has 0 aliphatic carbocycles. The van der Waals surface area contributed by atoms with Gasteiger partial charge in [-0.1, -0.05) is 30.3 Å². The largest absolute Gasteiger partial charge is 0.465 e. The fourth-order valence-corrected chi connectivity index (χ4v) is 4.15. The van der Waals surface area contributed by atoms with Crippen LogP contribution in [0.2, 0.25) is 0 Å². The Hall–Kier alpha value is -3.88. The van der Waals surface area contributed by atoms with Crippen molar-refractivity contribution in [2.24, 2.45) is 0 Å². The Kier molecular flexibility index (Phi) is 7.04. The van der Waals surface area contributed by atoms with Crippen molar-refractivity contribution in [3.05, 3.63) is 60.6 Å². The first-order valence-electron chi connectivity index (χ1n) is 11.7. The molecule has 2 aromatic heterocycles. The number of nitrogens with one attached hydrogen (secondary N) is 1. The van der Waals surface area contributed by atoms with E-state index in [4.69, 9.17) is 14.6 Å². The lowest BCUT2D eigenvalue weighted by Crippen LogP contribution is -2.43. The van der Waals surface area contributed by atoms with Gasteiger partial charge < -0.3 is 19.7 Å². The van der Waals surface area contributed by atoms with Crippen molar-refractivity contribution in [2.75, 3.05) is 25.5 Å². The predicted molar refractivity (Wildman–Crippen MR) is 133 cm³/mol. The second-order valence-electron chi connectivity index (χ2n) is 9.48. The first kappa shape index (κ1) is 24.3. The smallest absolute Gasteiger partial charge is 0.410 e. The number of anilines is 2. The van der Waals surface area contributed by atoms with Crippen molar-refractivity contribution in [1.82, 2.24) is 19.7 Å². The minimum absolute atomic E-state index is 0.0746. The molecule has 1 aliphatic heterocycles. The van der Waals surface area contributed by atoms with Crippen molar-refractivity contribution in [3.63, 3.8) is 0 Å². The highest BCUT2D eigenvalue weighted by Gasteiger charge is 2.31. The Morgan fingerprint density at radius 2 is 1.89 bits per heavy atom. The molecule has 1 amide bonds. The number of carbonyl (C=O) groups is 2. The van der Waals surface area contributed by atoms with E-state index in [1.807, 2.05) is 55.8 Å². The van der Waals surface area contributed by atoms with E-state index < -0.39 is 11.6 Å². The molecule has 1 aliphatic rings. The molecule has 1 unspecified atom stereocenters. The number of hydrogen-bond acceptors (Lipinski definition) is 7. The van der Waals surface area contributed by atoms with E-state index in [0.29, 0.717) is 30.2 Å². The zero-order valence-corrected chi connectivity index (χ0v) is 20.5. The van der Waals surface area contributed by atoms with Crippen LogP contribution in [0.3, 0.4) is 0 Å².